The molecule has 0 amide bonds. The molecule has 1 heteroatoms. The maximum atomic E-state index is 9.37. The highest BCUT2D eigenvalue weighted by Crippen LogP contribution is 2.38. The predicted molar refractivity (Wildman–Crippen MR) is 107 cm³/mol. The average molecular weight is 343 g/mol. The Hall–Kier alpha value is -0.980. The van der Waals surface area contributed by atoms with Gasteiger partial charge < -0.3 is 5.11 Å². The van der Waals surface area contributed by atoms with Crippen LogP contribution in [0.25, 0.3) is 0 Å². The third-order valence-electron chi connectivity index (χ3n) is 7.27. The first-order valence-electron chi connectivity index (χ1n) is 11.0. The summed E-state index contributed by atoms with van der Waals surface area (Å²) in [5, 5.41) is 9.37. The van der Waals surface area contributed by atoms with Gasteiger partial charge in [0.15, 0.2) is 0 Å². The first-order chi connectivity index (χ1) is 12.2. The van der Waals surface area contributed by atoms with Gasteiger partial charge in [0.25, 0.3) is 0 Å². The first kappa shape index (κ1) is 18.8. The van der Waals surface area contributed by atoms with Crippen LogP contribution in [0.2, 0.25) is 0 Å². The van der Waals surface area contributed by atoms with Crippen LogP contribution in [0.3, 0.4) is 0 Å². The molecule has 0 unspecified atom stereocenters. The Morgan fingerprint density at radius 3 is 1.60 bits per heavy atom. The van der Waals surface area contributed by atoms with E-state index in [2.05, 4.69) is 19.1 Å². The van der Waals surface area contributed by atoms with Crippen molar-refractivity contribution in [2.24, 2.45) is 23.7 Å². The standard InChI is InChI=1S/C24H38O/c1-2-19-3-5-20(6-4-19)7-8-21-9-11-22(12-10-21)13-14-23-15-17-24(25)18-16-23/h15-22,25H,2-14H2,1H3. The molecule has 1 aromatic carbocycles. The maximum absolute atomic E-state index is 9.37. The van der Waals surface area contributed by atoms with Gasteiger partial charge in [-0.2, -0.15) is 0 Å². The van der Waals surface area contributed by atoms with Crippen molar-refractivity contribution in [1.82, 2.24) is 0 Å². The number of phenolic OH excluding ortho intramolecular Hbond substituents is 1. The van der Waals surface area contributed by atoms with Crippen LogP contribution in [0.15, 0.2) is 24.3 Å². The summed E-state index contributed by atoms with van der Waals surface area (Å²) in [6.07, 6.45) is 18.8. The maximum Gasteiger partial charge on any atom is 0.115 e. The van der Waals surface area contributed by atoms with Crippen LogP contribution in [0, 0.1) is 23.7 Å². The van der Waals surface area contributed by atoms with Gasteiger partial charge in [0.05, 0.1) is 0 Å². The number of benzene rings is 1. The largest absolute Gasteiger partial charge is 0.508 e. The van der Waals surface area contributed by atoms with Crippen molar-refractivity contribution in [3.8, 4) is 5.75 Å². The van der Waals surface area contributed by atoms with Crippen LogP contribution in [-0.4, -0.2) is 5.11 Å². The first-order valence-corrected chi connectivity index (χ1v) is 11.0. The second-order valence-electron chi connectivity index (χ2n) is 8.96. The third kappa shape index (κ3) is 6.04. The highest BCUT2D eigenvalue weighted by Gasteiger charge is 2.24. The fourth-order valence-corrected chi connectivity index (χ4v) is 5.24. The minimum atomic E-state index is 0.382. The molecule has 2 fully saturated rings. The summed E-state index contributed by atoms with van der Waals surface area (Å²) in [7, 11) is 0. The van der Waals surface area contributed by atoms with E-state index in [-0.39, 0.29) is 0 Å². The third-order valence-corrected chi connectivity index (χ3v) is 7.27. The molecule has 3 rings (SSSR count). The van der Waals surface area contributed by atoms with Gasteiger partial charge in [-0.1, -0.05) is 89.7 Å². The van der Waals surface area contributed by atoms with Crippen LogP contribution in [-0.2, 0) is 6.42 Å². The summed E-state index contributed by atoms with van der Waals surface area (Å²) in [5.74, 6) is 4.43. The number of hydrogen-bond donors (Lipinski definition) is 1. The molecule has 0 aliphatic heterocycles. The van der Waals surface area contributed by atoms with Crippen molar-refractivity contribution < 1.29 is 5.11 Å². The molecule has 2 aliphatic carbocycles. The predicted octanol–water partition coefficient (Wildman–Crippen LogP) is 7.13. The molecule has 25 heavy (non-hydrogen) atoms. The molecule has 0 heterocycles. The molecular weight excluding hydrogens is 304 g/mol. The minimum absolute atomic E-state index is 0.382. The number of aromatic hydroxyl groups is 1. The second kappa shape index (κ2) is 9.64. The summed E-state index contributed by atoms with van der Waals surface area (Å²) < 4.78 is 0. The zero-order chi connectivity index (χ0) is 17.5. The van der Waals surface area contributed by atoms with Gasteiger partial charge >= 0.3 is 0 Å². The molecule has 0 aromatic heterocycles. The van der Waals surface area contributed by atoms with Crippen molar-refractivity contribution in [2.75, 3.05) is 0 Å². The fourth-order valence-electron chi connectivity index (χ4n) is 5.24. The van der Waals surface area contributed by atoms with Crippen LogP contribution >= 0.6 is 0 Å². The molecule has 1 aromatic rings. The molecule has 0 radical (unpaired) electrons. The lowest BCUT2D eigenvalue weighted by atomic mass is 9.74. The Kier molecular flexibility index (Phi) is 7.25. The lowest BCUT2D eigenvalue weighted by Crippen LogP contribution is -2.18. The molecule has 0 saturated heterocycles. The average Bonchev–Trinajstić information content (AvgIpc) is 2.67. The smallest absolute Gasteiger partial charge is 0.115 e. The van der Waals surface area contributed by atoms with E-state index in [9.17, 15) is 5.11 Å². The summed E-state index contributed by atoms with van der Waals surface area (Å²) >= 11 is 0. The van der Waals surface area contributed by atoms with E-state index < -0.39 is 0 Å². The van der Waals surface area contributed by atoms with Gasteiger partial charge in [0.1, 0.15) is 5.75 Å². The van der Waals surface area contributed by atoms with Gasteiger partial charge in [-0.25, -0.2) is 0 Å². The van der Waals surface area contributed by atoms with Crippen LogP contribution in [0.1, 0.15) is 89.5 Å². The van der Waals surface area contributed by atoms with Crippen molar-refractivity contribution in [3.05, 3.63) is 29.8 Å². The number of hydrogen-bond acceptors (Lipinski definition) is 1. The highest BCUT2D eigenvalue weighted by atomic mass is 16.3. The Morgan fingerprint density at radius 1 is 0.680 bits per heavy atom. The summed E-state index contributed by atoms with van der Waals surface area (Å²) in [5.41, 5.74) is 1.38. The minimum Gasteiger partial charge on any atom is -0.508 e. The van der Waals surface area contributed by atoms with Gasteiger partial charge in [-0.3, -0.25) is 0 Å². The fraction of sp³-hybridized carbons (Fsp3) is 0.750. The van der Waals surface area contributed by atoms with Crippen LogP contribution in [0.5, 0.6) is 5.75 Å². The number of phenols is 1. The van der Waals surface area contributed by atoms with Crippen molar-refractivity contribution in [3.63, 3.8) is 0 Å². The summed E-state index contributed by atoms with van der Waals surface area (Å²) in [6.45, 7) is 2.37. The van der Waals surface area contributed by atoms with E-state index in [1.54, 1.807) is 0 Å². The number of rotatable bonds is 7. The molecule has 1 nitrogen and oxygen atoms in total. The zero-order valence-corrected chi connectivity index (χ0v) is 16.3. The normalized spacial score (nSPS) is 30.3. The van der Waals surface area contributed by atoms with E-state index in [1.807, 2.05) is 12.1 Å². The molecule has 2 saturated carbocycles. The molecule has 1 N–H and O–H groups in total. The number of aryl methyl sites for hydroxylation is 1. The monoisotopic (exact) mass is 342 g/mol. The zero-order valence-electron chi connectivity index (χ0n) is 16.3. The topological polar surface area (TPSA) is 20.2 Å². The van der Waals surface area contributed by atoms with Gasteiger partial charge in [0, 0.05) is 0 Å². The quantitative estimate of drug-likeness (QED) is 0.559. The Balaban J connectivity index is 1.29. The lowest BCUT2D eigenvalue weighted by Gasteiger charge is -2.32. The second-order valence-corrected chi connectivity index (χ2v) is 8.96. The van der Waals surface area contributed by atoms with Crippen molar-refractivity contribution in [2.45, 2.75) is 90.4 Å². The van der Waals surface area contributed by atoms with E-state index in [4.69, 9.17) is 0 Å². The molecule has 2 aliphatic rings. The van der Waals surface area contributed by atoms with Crippen molar-refractivity contribution >= 4 is 0 Å². The van der Waals surface area contributed by atoms with Crippen LogP contribution in [0.4, 0.5) is 0 Å². The molecule has 0 atom stereocenters. The van der Waals surface area contributed by atoms with Gasteiger partial charge in [0.2, 0.25) is 0 Å². The highest BCUT2D eigenvalue weighted by molar-refractivity contribution is 5.25. The van der Waals surface area contributed by atoms with Gasteiger partial charge in [-0.05, 0) is 54.2 Å². The molecule has 140 valence electrons. The lowest BCUT2D eigenvalue weighted by molar-refractivity contribution is 0.212. The Labute approximate surface area is 155 Å². The van der Waals surface area contributed by atoms with Gasteiger partial charge in [-0.15, -0.1) is 0 Å². The Bertz CT molecular complexity index is 475. The summed E-state index contributed by atoms with van der Waals surface area (Å²) in [4.78, 5) is 0. The SMILES string of the molecule is CCC1CCC(CCC2CCC(CCc3ccc(O)cc3)CC2)CC1. The molecular formula is C24H38O. The molecule has 0 bridgehead atoms. The summed E-state index contributed by atoms with van der Waals surface area (Å²) in [6, 6.07) is 7.79. The van der Waals surface area contributed by atoms with E-state index in [0.717, 1.165) is 23.7 Å². The van der Waals surface area contributed by atoms with E-state index >= 15 is 0 Å². The Morgan fingerprint density at radius 2 is 1.12 bits per heavy atom. The van der Waals surface area contributed by atoms with E-state index in [1.165, 1.54) is 89.0 Å². The van der Waals surface area contributed by atoms with E-state index in [0.29, 0.717) is 5.75 Å². The van der Waals surface area contributed by atoms with Crippen LogP contribution < -0.4 is 0 Å². The van der Waals surface area contributed by atoms with Crippen molar-refractivity contribution in [1.29, 1.82) is 0 Å². The molecule has 0 spiro atoms.